The first-order valence-electron chi connectivity index (χ1n) is 8.70. The number of fused-ring (bicyclic) bond motifs is 1. The van der Waals surface area contributed by atoms with E-state index in [2.05, 4.69) is 20.9 Å². The van der Waals surface area contributed by atoms with E-state index < -0.39 is 33.3 Å². The zero-order valence-corrected chi connectivity index (χ0v) is 15.6. The van der Waals surface area contributed by atoms with Crippen LogP contribution in [0.15, 0.2) is 24.3 Å². The van der Waals surface area contributed by atoms with Crippen molar-refractivity contribution < 1.29 is 18.0 Å². The topological polar surface area (TPSA) is 126 Å². The quantitative estimate of drug-likeness (QED) is 0.705. The largest absolute Gasteiger partial charge is 0.322 e. The van der Waals surface area contributed by atoms with Crippen molar-refractivity contribution in [1.82, 2.24) is 29.9 Å². The molecule has 0 saturated carbocycles. The second-order valence-corrected chi connectivity index (χ2v) is 9.12. The lowest BCUT2D eigenvalue weighted by atomic mass is 10.1. The summed E-state index contributed by atoms with van der Waals surface area (Å²) in [6.45, 7) is 2.07. The molecule has 10 nitrogen and oxygen atoms in total. The van der Waals surface area contributed by atoms with Crippen molar-refractivity contribution in [2.24, 2.45) is 0 Å². The normalized spacial score (nSPS) is 24.9. The smallest absolute Gasteiger partial charge is 0.322 e. The number of benzene rings is 1. The number of piperidine rings is 1. The standard InChI is InChI=1S/C16H20N6O4S/c1-16(14(23)17-15(24)18-16)10-27(25,26)21-8-6-11(7-9-21)22-13-5-3-2-4-12(13)19-20-22/h2-5,11H,6-10H2,1H3,(H2,17,18,23,24)/t16-/m1/s1. The predicted octanol–water partition coefficient (Wildman–Crippen LogP) is -0.00390. The molecule has 0 unspecified atom stereocenters. The minimum Gasteiger partial charge on any atom is -0.322 e. The van der Waals surface area contributed by atoms with Gasteiger partial charge in [0.2, 0.25) is 10.0 Å². The van der Waals surface area contributed by atoms with Crippen LogP contribution < -0.4 is 10.6 Å². The number of hydrogen-bond donors (Lipinski definition) is 2. The van der Waals surface area contributed by atoms with Crippen molar-refractivity contribution in [3.63, 3.8) is 0 Å². The van der Waals surface area contributed by atoms with Gasteiger partial charge < -0.3 is 5.32 Å². The maximum absolute atomic E-state index is 12.8. The molecule has 3 amide bonds. The third-order valence-electron chi connectivity index (χ3n) is 5.13. The molecule has 3 heterocycles. The Morgan fingerprint density at radius 1 is 1.22 bits per heavy atom. The summed E-state index contributed by atoms with van der Waals surface area (Å²) in [5, 5.41) is 12.9. The Morgan fingerprint density at radius 3 is 2.59 bits per heavy atom. The average Bonchev–Trinajstić information content (AvgIpc) is 3.15. The number of imide groups is 1. The summed E-state index contributed by atoms with van der Waals surface area (Å²) in [6, 6.07) is 7.04. The number of hydrogen-bond acceptors (Lipinski definition) is 6. The number of carbonyl (C=O) groups excluding carboxylic acids is 2. The minimum absolute atomic E-state index is 0.0638. The summed E-state index contributed by atoms with van der Waals surface area (Å²) >= 11 is 0. The van der Waals surface area contributed by atoms with Gasteiger partial charge in [-0.3, -0.25) is 10.1 Å². The van der Waals surface area contributed by atoms with E-state index in [-0.39, 0.29) is 6.04 Å². The Bertz CT molecular complexity index is 1010. The fraction of sp³-hybridized carbons (Fsp3) is 0.500. The number of nitrogens with zero attached hydrogens (tertiary/aromatic N) is 4. The maximum atomic E-state index is 12.8. The van der Waals surface area contributed by atoms with E-state index in [0.29, 0.717) is 25.9 Å². The molecule has 0 bridgehead atoms. The first kappa shape index (κ1) is 17.9. The van der Waals surface area contributed by atoms with Crippen molar-refractivity contribution in [2.45, 2.75) is 31.3 Å². The lowest BCUT2D eigenvalue weighted by molar-refractivity contribution is -0.122. The number of urea groups is 1. The number of nitrogens with one attached hydrogen (secondary N) is 2. The Kier molecular flexibility index (Phi) is 4.15. The Labute approximate surface area is 155 Å². The van der Waals surface area contributed by atoms with Crippen LogP contribution in [0.5, 0.6) is 0 Å². The molecule has 1 atom stereocenters. The molecule has 2 N–H and O–H groups in total. The van der Waals surface area contributed by atoms with E-state index >= 15 is 0 Å². The number of carbonyl (C=O) groups is 2. The van der Waals surface area contributed by atoms with Crippen molar-refractivity contribution in [3.05, 3.63) is 24.3 Å². The van der Waals surface area contributed by atoms with Crippen molar-refractivity contribution in [3.8, 4) is 0 Å². The highest BCUT2D eigenvalue weighted by molar-refractivity contribution is 7.89. The molecule has 2 aromatic rings. The van der Waals surface area contributed by atoms with Crippen molar-refractivity contribution in [1.29, 1.82) is 0 Å². The Balaban J connectivity index is 1.45. The molecule has 2 aliphatic heterocycles. The number of para-hydroxylation sites is 1. The van der Waals surface area contributed by atoms with Crippen LogP contribution in [0.1, 0.15) is 25.8 Å². The summed E-state index contributed by atoms with van der Waals surface area (Å²) in [7, 11) is -3.70. The zero-order valence-electron chi connectivity index (χ0n) is 14.8. The number of rotatable bonds is 4. The van der Waals surface area contributed by atoms with E-state index in [1.165, 1.54) is 11.2 Å². The third kappa shape index (κ3) is 3.16. The van der Waals surface area contributed by atoms with Gasteiger partial charge in [-0.05, 0) is 31.9 Å². The summed E-state index contributed by atoms with van der Waals surface area (Å²) in [5.41, 5.74) is 0.287. The molecule has 11 heteroatoms. The second kappa shape index (κ2) is 6.27. The molecule has 0 spiro atoms. The zero-order chi connectivity index (χ0) is 19.2. The van der Waals surface area contributed by atoms with Crippen LogP contribution in [0.2, 0.25) is 0 Å². The predicted molar refractivity (Wildman–Crippen MR) is 96.2 cm³/mol. The first-order chi connectivity index (χ1) is 12.8. The van der Waals surface area contributed by atoms with Gasteiger partial charge >= 0.3 is 6.03 Å². The van der Waals surface area contributed by atoms with Gasteiger partial charge in [-0.1, -0.05) is 17.3 Å². The van der Waals surface area contributed by atoms with Gasteiger partial charge in [0.05, 0.1) is 17.3 Å². The number of aromatic nitrogens is 3. The SMILES string of the molecule is C[C@]1(CS(=O)(=O)N2CCC(n3nnc4ccccc43)CC2)NC(=O)NC1=O. The molecule has 2 fully saturated rings. The van der Waals surface area contributed by atoms with Gasteiger partial charge in [-0.25, -0.2) is 22.2 Å². The fourth-order valence-corrected chi connectivity index (χ4v) is 5.54. The van der Waals surface area contributed by atoms with Crippen LogP contribution >= 0.6 is 0 Å². The van der Waals surface area contributed by atoms with Crippen LogP contribution in [0.4, 0.5) is 4.79 Å². The molecule has 144 valence electrons. The molecule has 0 aliphatic carbocycles. The number of sulfonamides is 1. The lowest BCUT2D eigenvalue weighted by Gasteiger charge is -2.33. The molecule has 1 aromatic heterocycles. The summed E-state index contributed by atoms with van der Waals surface area (Å²) < 4.78 is 28.8. The van der Waals surface area contributed by atoms with Crippen LogP contribution in [0.3, 0.4) is 0 Å². The van der Waals surface area contributed by atoms with E-state index in [9.17, 15) is 18.0 Å². The Morgan fingerprint density at radius 2 is 1.93 bits per heavy atom. The average molecular weight is 392 g/mol. The molecule has 27 heavy (non-hydrogen) atoms. The van der Waals surface area contributed by atoms with Crippen LogP contribution in [0.25, 0.3) is 11.0 Å². The molecule has 4 rings (SSSR count). The van der Waals surface area contributed by atoms with Crippen molar-refractivity contribution in [2.75, 3.05) is 18.8 Å². The monoisotopic (exact) mass is 392 g/mol. The highest BCUT2D eigenvalue weighted by atomic mass is 32.2. The highest BCUT2D eigenvalue weighted by Crippen LogP contribution is 2.27. The minimum atomic E-state index is -3.70. The van der Waals surface area contributed by atoms with Gasteiger partial charge in [-0.15, -0.1) is 5.10 Å². The van der Waals surface area contributed by atoms with E-state index in [1.807, 2.05) is 28.9 Å². The van der Waals surface area contributed by atoms with E-state index in [0.717, 1.165) is 11.0 Å². The summed E-state index contributed by atoms with van der Waals surface area (Å²) in [5.74, 6) is -1.09. The Hall–Kier alpha value is -2.53. The highest BCUT2D eigenvalue weighted by Gasteiger charge is 2.47. The van der Waals surface area contributed by atoms with Crippen LogP contribution in [-0.4, -0.2) is 64.0 Å². The van der Waals surface area contributed by atoms with Gasteiger partial charge in [0, 0.05) is 13.1 Å². The van der Waals surface area contributed by atoms with Gasteiger partial charge in [0.1, 0.15) is 11.1 Å². The van der Waals surface area contributed by atoms with Crippen LogP contribution in [0, 0.1) is 0 Å². The lowest BCUT2D eigenvalue weighted by Crippen LogP contribution is -2.53. The summed E-state index contributed by atoms with van der Waals surface area (Å²) in [4.78, 5) is 23.2. The molecule has 2 saturated heterocycles. The van der Waals surface area contributed by atoms with Gasteiger partial charge in [0.15, 0.2) is 0 Å². The van der Waals surface area contributed by atoms with E-state index in [1.54, 1.807) is 0 Å². The first-order valence-corrected chi connectivity index (χ1v) is 10.3. The maximum Gasteiger partial charge on any atom is 0.322 e. The molecular weight excluding hydrogens is 372 g/mol. The number of amides is 3. The molecule has 2 aliphatic rings. The molecule has 0 radical (unpaired) electrons. The second-order valence-electron chi connectivity index (χ2n) is 7.15. The third-order valence-corrected chi connectivity index (χ3v) is 7.22. The van der Waals surface area contributed by atoms with Gasteiger partial charge in [-0.2, -0.15) is 0 Å². The molecular formula is C16H20N6O4S. The van der Waals surface area contributed by atoms with E-state index in [4.69, 9.17) is 0 Å². The summed E-state index contributed by atoms with van der Waals surface area (Å²) in [6.07, 6.45) is 1.20. The fourth-order valence-electron chi connectivity index (χ4n) is 3.66. The van der Waals surface area contributed by atoms with Crippen LogP contribution in [-0.2, 0) is 14.8 Å². The van der Waals surface area contributed by atoms with Crippen molar-refractivity contribution >= 4 is 33.0 Å². The van der Waals surface area contributed by atoms with Gasteiger partial charge in [0.25, 0.3) is 5.91 Å². The molecule has 1 aromatic carbocycles.